The van der Waals surface area contributed by atoms with Crippen LogP contribution in [0, 0.1) is 0 Å². The first kappa shape index (κ1) is 25.9. The van der Waals surface area contributed by atoms with Gasteiger partial charge in [0.25, 0.3) is 11.8 Å². The summed E-state index contributed by atoms with van der Waals surface area (Å²) in [6.45, 7) is 0.522. The number of thiocarbonyl (C=S) groups is 1. The summed E-state index contributed by atoms with van der Waals surface area (Å²) in [5.41, 5.74) is 7.99. The van der Waals surface area contributed by atoms with E-state index in [0.717, 1.165) is 54.5 Å². The van der Waals surface area contributed by atoms with E-state index in [4.69, 9.17) is 29.6 Å². The highest BCUT2D eigenvalue weighted by molar-refractivity contribution is 8.26. The van der Waals surface area contributed by atoms with E-state index in [2.05, 4.69) is 5.32 Å². The van der Waals surface area contributed by atoms with Crippen molar-refractivity contribution < 1.29 is 14.4 Å². The summed E-state index contributed by atoms with van der Waals surface area (Å²) in [7, 11) is 0. The number of thiophene rings is 1. The molecule has 4 rings (SSSR count). The first-order chi connectivity index (χ1) is 16.8. The van der Waals surface area contributed by atoms with Gasteiger partial charge < -0.3 is 11.1 Å². The van der Waals surface area contributed by atoms with Crippen LogP contribution in [0.5, 0.6) is 0 Å². The fourth-order valence-corrected chi connectivity index (χ4v) is 6.98. The van der Waals surface area contributed by atoms with Crippen LogP contribution in [-0.2, 0) is 22.4 Å². The van der Waals surface area contributed by atoms with Crippen molar-refractivity contribution in [2.45, 2.75) is 51.4 Å². The van der Waals surface area contributed by atoms with E-state index in [1.54, 1.807) is 17.0 Å². The number of unbranched alkanes of at least 4 members (excludes halogenated alkanes) is 2. The van der Waals surface area contributed by atoms with Gasteiger partial charge in [-0.3, -0.25) is 19.3 Å². The van der Waals surface area contributed by atoms with Gasteiger partial charge in [-0.05, 0) is 67.9 Å². The molecule has 2 aliphatic rings. The molecule has 0 saturated carbocycles. The van der Waals surface area contributed by atoms with E-state index >= 15 is 0 Å². The predicted molar refractivity (Wildman–Crippen MR) is 148 cm³/mol. The van der Waals surface area contributed by atoms with Gasteiger partial charge in [0.1, 0.15) is 9.32 Å². The number of rotatable bonds is 9. The average molecular weight is 548 g/mol. The Morgan fingerprint density at radius 2 is 1.89 bits per heavy atom. The van der Waals surface area contributed by atoms with Crippen molar-refractivity contribution in [2.24, 2.45) is 5.73 Å². The number of nitrogens with zero attached hydrogens (tertiary/aromatic N) is 1. The first-order valence-corrected chi connectivity index (χ1v) is 14.0. The van der Waals surface area contributed by atoms with Gasteiger partial charge in [-0.25, -0.2) is 0 Å². The number of hydrogen-bond donors (Lipinski definition) is 2. The first-order valence-electron chi connectivity index (χ1n) is 11.6. The average Bonchev–Trinajstić information content (AvgIpc) is 3.31. The lowest BCUT2D eigenvalue weighted by molar-refractivity contribution is -0.122. The van der Waals surface area contributed by atoms with Crippen LogP contribution in [0.1, 0.15) is 64.9 Å². The summed E-state index contributed by atoms with van der Waals surface area (Å²) in [6, 6.07) is 7.28. The number of nitrogens with two attached hydrogens (primary N) is 1. The Kier molecular flexibility index (Phi) is 8.64. The standard InChI is InChI=1S/C25H26ClN3O3S3/c26-16-11-9-15(10-12-16)14-19-24(32)29(25(33)35-19)13-5-1-2-8-20(30)28-23-21(22(27)31)17-6-3-4-7-18(17)34-23/h9-12,14H,1-8,13H2,(H2,27,31)(H,28,30). The summed E-state index contributed by atoms with van der Waals surface area (Å²) in [4.78, 5) is 40.6. The second-order valence-electron chi connectivity index (χ2n) is 8.52. The second-order valence-corrected chi connectivity index (χ2v) is 11.7. The molecule has 3 amide bonds. The van der Waals surface area contributed by atoms with Crippen LogP contribution in [0.25, 0.3) is 6.08 Å². The van der Waals surface area contributed by atoms with Gasteiger partial charge in [0.05, 0.1) is 10.5 Å². The number of halogens is 1. The van der Waals surface area contributed by atoms with Crippen LogP contribution >= 0.6 is 46.9 Å². The SMILES string of the molecule is NC(=O)c1c(NC(=O)CCCCCN2C(=O)C(=Cc3ccc(Cl)cc3)SC2=S)sc2c1CCCC2. The number of anilines is 1. The lowest BCUT2D eigenvalue weighted by Crippen LogP contribution is -2.29. The van der Waals surface area contributed by atoms with Gasteiger partial charge in [-0.2, -0.15) is 0 Å². The molecule has 10 heteroatoms. The van der Waals surface area contributed by atoms with E-state index in [1.165, 1.54) is 23.1 Å². The summed E-state index contributed by atoms with van der Waals surface area (Å²) < 4.78 is 0.550. The lowest BCUT2D eigenvalue weighted by Gasteiger charge is -2.14. The zero-order chi connectivity index (χ0) is 24.9. The molecule has 1 saturated heterocycles. The van der Waals surface area contributed by atoms with E-state index in [-0.39, 0.29) is 11.8 Å². The van der Waals surface area contributed by atoms with Crippen molar-refractivity contribution in [2.75, 3.05) is 11.9 Å². The molecule has 6 nitrogen and oxygen atoms in total. The van der Waals surface area contributed by atoms with E-state index in [1.807, 2.05) is 18.2 Å². The number of nitrogens with one attached hydrogen (secondary N) is 1. The Morgan fingerprint density at radius 3 is 2.63 bits per heavy atom. The molecule has 0 bridgehead atoms. The molecule has 3 N–H and O–H groups in total. The Hall–Kier alpha value is -2.20. The topological polar surface area (TPSA) is 92.5 Å². The predicted octanol–water partition coefficient (Wildman–Crippen LogP) is 5.78. The molecular weight excluding hydrogens is 522 g/mol. The zero-order valence-electron chi connectivity index (χ0n) is 19.1. The molecule has 0 spiro atoms. The molecule has 1 fully saturated rings. The largest absolute Gasteiger partial charge is 0.365 e. The minimum absolute atomic E-state index is 0.0895. The molecule has 184 valence electrons. The number of aryl methyl sites for hydroxylation is 1. The maximum absolute atomic E-state index is 12.8. The molecule has 0 unspecified atom stereocenters. The Morgan fingerprint density at radius 1 is 1.14 bits per heavy atom. The monoisotopic (exact) mass is 547 g/mol. The molecule has 2 aromatic rings. The molecule has 1 aliphatic carbocycles. The number of primary amides is 1. The quantitative estimate of drug-likeness (QED) is 0.236. The van der Waals surface area contributed by atoms with Crippen molar-refractivity contribution in [1.29, 1.82) is 0 Å². The van der Waals surface area contributed by atoms with Crippen molar-refractivity contribution in [3.63, 3.8) is 0 Å². The molecule has 0 radical (unpaired) electrons. The maximum atomic E-state index is 12.8. The van der Waals surface area contributed by atoms with Crippen molar-refractivity contribution >= 4 is 80.0 Å². The Balaban J connectivity index is 1.23. The van der Waals surface area contributed by atoms with Gasteiger partial charge >= 0.3 is 0 Å². The third-order valence-corrected chi connectivity index (χ3v) is 8.83. The number of thioether (sulfide) groups is 1. The number of carbonyl (C=O) groups is 3. The zero-order valence-corrected chi connectivity index (χ0v) is 22.3. The van der Waals surface area contributed by atoms with E-state index in [0.29, 0.717) is 44.2 Å². The fraction of sp³-hybridized carbons (Fsp3) is 0.360. The molecular formula is C25H26ClN3O3S3. The van der Waals surface area contributed by atoms with Crippen LogP contribution < -0.4 is 11.1 Å². The second kappa shape index (κ2) is 11.7. The molecule has 0 atom stereocenters. The van der Waals surface area contributed by atoms with Gasteiger partial charge in [0, 0.05) is 22.9 Å². The molecule has 1 aliphatic heterocycles. The minimum atomic E-state index is -0.478. The van der Waals surface area contributed by atoms with Gasteiger partial charge in [-0.15, -0.1) is 11.3 Å². The number of hydrogen-bond acceptors (Lipinski definition) is 6. The third-order valence-electron chi connectivity index (χ3n) is 6.00. The van der Waals surface area contributed by atoms with Crippen LogP contribution in [0.15, 0.2) is 29.2 Å². The molecule has 35 heavy (non-hydrogen) atoms. The van der Waals surface area contributed by atoms with Crippen LogP contribution in [0.4, 0.5) is 5.00 Å². The number of amides is 3. The smallest absolute Gasteiger partial charge is 0.266 e. The van der Waals surface area contributed by atoms with Crippen LogP contribution in [-0.4, -0.2) is 33.5 Å². The molecule has 2 heterocycles. The third kappa shape index (κ3) is 6.33. The minimum Gasteiger partial charge on any atom is -0.365 e. The summed E-state index contributed by atoms with van der Waals surface area (Å²) in [5, 5.41) is 4.13. The Labute approximate surface area is 223 Å². The van der Waals surface area contributed by atoms with Crippen molar-refractivity contribution in [1.82, 2.24) is 4.90 Å². The van der Waals surface area contributed by atoms with Gasteiger partial charge in [0.15, 0.2) is 0 Å². The lowest BCUT2D eigenvalue weighted by atomic mass is 9.95. The summed E-state index contributed by atoms with van der Waals surface area (Å²) >= 11 is 14.1. The number of fused-ring (bicyclic) bond motifs is 1. The van der Waals surface area contributed by atoms with Crippen molar-refractivity contribution in [3.05, 3.63) is 55.8 Å². The van der Waals surface area contributed by atoms with Crippen LogP contribution in [0.2, 0.25) is 5.02 Å². The Bertz CT molecular complexity index is 1190. The van der Waals surface area contributed by atoms with E-state index < -0.39 is 5.91 Å². The number of carbonyl (C=O) groups excluding carboxylic acids is 3. The number of benzene rings is 1. The highest BCUT2D eigenvalue weighted by atomic mass is 35.5. The molecule has 1 aromatic carbocycles. The highest BCUT2D eigenvalue weighted by Gasteiger charge is 2.31. The summed E-state index contributed by atoms with van der Waals surface area (Å²) in [5.74, 6) is -0.691. The van der Waals surface area contributed by atoms with E-state index in [9.17, 15) is 14.4 Å². The normalized spacial score (nSPS) is 16.6. The fourth-order valence-electron chi connectivity index (χ4n) is 4.24. The van der Waals surface area contributed by atoms with Crippen LogP contribution in [0.3, 0.4) is 0 Å². The van der Waals surface area contributed by atoms with Gasteiger partial charge in [0.2, 0.25) is 5.91 Å². The summed E-state index contributed by atoms with van der Waals surface area (Å²) in [6.07, 6.45) is 8.28. The molecule has 1 aromatic heterocycles. The highest BCUT2D eigenvalue weighted by Crippen LogP contribution is 2.38. The van der Waals surface area contributed by atoms with Crippen molar-refractivity contribution in [3.8, 4) is 0 Å². The maximum Gasteiger partial charge on any atom is 0.266 e. The van der Waals surface area contributed by atoms with Gasteiger partial charge in [-0.1, -0.05) is 54.1 Å².